The Kier molecular flexibility index (Phi) is 14.4. The van der Waals surface area contributed by atoms with Crippen molar-refractivity contribution in [3.05, 3.63) is 82.2 Å². The summed E-state index contributed by atoms with van der Waals surface area (Å²) in [6.07, 6.45) is -7.81. The third-order valence-electron chi connectivity index (χ3n) is 8.42. The molecule has 6 N–H and O–H groups in total. The van der Waals surface area contributed by atoms with E-state index in [9.17, 15) is 29.4 Å². The van der Waals surface area contributed by atoms with Gasteiger partial charge in [-0.1, -0.05) is 52.0 Å². The Hall–Kier alpha value is -4.76. The number of ether oxygens (including phenoxy) is 2. The number of thiophene rings is 2. The molecule has 0 unspecified atom stereocenters. The van der Waals surface area contributed by atoms with Crippen molar-refractivity contribution in [2.75, 3.05) is 14.1 Å². The van der Waals surface area contributed by atoms with Gasteiger partial charge in [-0.3, -0.25) is 19.2 Å². The number of hydrogen-bond acceptors (Lipinski definition) is 10. The van der Waals surface area contributed by atoms with Gasteiger partial charge in [-0.05, 0) is 92.0 Å². The van der Waals surface area contributed by atoms with Gasteiger partial charge in [0.1, 0.15) is 35.8 Å². The molecule has 0 fully saturated rings. The number of carbonyl (C=O) groups excluding carboxylic acids is 4. The zero-order valence-corrected chi connectivity index (χ0v) is 31.5. The summed E-state index contributed by atoms with van der Waals surface area (Å²) in [7, 11) is 2.87. The van der Waals surface area contributed by atoms with Gasteiger partial charge in [0.05, 0.1) is 0 Å². The summed E-state index contributed by atoms with van der Waals surface area (Å²) in [6, 6.07) is 15.4. The van der Waals surface area contributed by atoms with E-state index in [2.05, 4.69) is 21.3 Å². The van der Waals surface area contributed by atoms with E-state index in [0.29, 0.717) is 0 Å². The molecule has 4 rings (SSSR count). The van der Waals surface area contributed by atoms with Crippen molar-refractivity contribution < 1.29 is 38.9 Å². The molecular formula is C38H46N4O8S2. The SMILES string of the molecule is CNC(=O)[C@@H](NC(=O)[C@H](Oc1ccc(-c2ccsc2)cc1)[C@H](O)[C@@H](O)[C@@H](Oc1ccc(-c2ccsc2)cc1)C(=O)N[C@H](C(=O)NC)C(C)C)C(C)C. The number of aliphatic hydroxyl groups excluding tert-OH is 2. The van der Waals surface area contributed by atoms with Crippen LogP contribution >= 0.6 is 22.7 Å². The summed E-state index contributed by atoms with van der Waals surface area (Å²) < 4.78 is 12.1. The molecule has 0 saturated carbocycles. The smallest absolute Gasteiger partial charge is 0.264 e. The molecule has 4 aromatic rings. The molecule has 0 radical (unpaired) electrons. The van der Waals surface area contributed by atoms with Crippen LogP contribution in [0.5, 0.6) is 11.5 Å². The molecule has 52 heavy (non-hydrogen) atoms. The maximum Gasteiger partial charge on any atom is 0.264 e. The average Bonchev–Trinajstić information content (AvgIpc) is 3.89. The van der Waals surface area contributed by atoms with Gasteiger partial charge >= 0.3 is 0 Å². The predicted octanol–water partition coefficient (Wildman–Crippen LogP) is 3.83. The van der Waals surface area contributed by atoms with Crippen LogP contribution in [0.1, 0.15) is 27.7 Å². The highest BCUT2D eigenvalue weighted by Gasteiger charge is 2.44. The third kappa shape index (κ3) is 10.2. The molecular weight excluding hydrogens is 705 g/mol. The summed E-state index contributed by atoms with van der Waals surface area (Å²) in [6.45, 7) is 6.94. The van der Waals surface area contributed by atoms with Gasteiger partial charge in [0.25, 0.3) is 11.8 Å². The largest absolute Gasteiger partial charge is 0.478 e. The van der Waals surface area contributed by atoms with Crippen LogP contribution in [0.4, 0.5) is 0 Å². The second-order valence-electron chi connectivity index (χ2n) is 12.8. The van der Waals surface area contributed by atoms with Gasteiger partial charge < -0.3 is 41.0 Å². The van der Waals surface area contributed by atoms with E-state index in [1.807, 2.05) is 33.7 Å². The van der Waals surface area contributed by atoms with E-state index in [1.54, 1.807) is 98.9 Å². The lowest BCUT2D eigenvalue weighted by Crippen LogP contribution is -2.61. The van der Waals surface area contributed by atoms with Crippen LogP contribution in [0.25, 0.3) is 22.3 Å². The average molecular weight is 751 g/mol. The molecule has 2 aromatic heterocycles. The lowest BCUT2D eigenvalue weighted by Gasteiger charge is -2.33. The Morgan fingerprint density at radius 1 is 0.538 bits per heavy atom. The van der Waals surface area contributed by atoms with E-state index >= 15 is 0 Å². The maximum absolute atomic E-state index is 13.9. The summed E-state index contributed by atoms with van der Waals surface area (Å²) in [5.41, 5.74) is 3.75. The van der Waals surface area contributed by atoms with Gasteiger partial charge in [-0.2, -0.15) is 22.7 Å². The molecule has 12 nitrogen and oxygen atoms in total. The van der Waals surface area contributed by atoms with E-state index in [-0.39, 0.29) is 23.3 Å². The van der Waals surface area contributed by atoms with Crippen molar-refractivity contribution >= 4 is 46.3 Å². The fourth-order valence-corrected chi connectivity index (χ4v) is 6.70. The van der Waals surface area contributed by atoms with Gasteiger partial charge in [0.2, 0.25) is 24.0 Å². The van der Waals surface area contributed by atoms with Crippen molar-refractivity contribution in [3.8, 4) is 33.8 Å². The Morgan fingerprint density at radius 2 is 0.885 bits per heavy atom. The molecule has 6 atom stereocenters. The van der Waals surface area contributed by atoms with Crippen molar-refractivity contribution in [2.24, 2.45) is 11.8 Å². The fraction of sp³-hybridized carbons (Fsp3) is 0.368. The Bertz CT molecular complexity index is 1620. The van der Waals surface area contributed by atoms with E-state index in [0.717, 1.165) is 22.3 Å². The third-order valence-corrected chi connectivity index (χ3v) is 9.78. The summed E-state index contributed by atoms with van der Waals surface area (Å²) in [5.74, 6) is -3.13. The molecule has 0 aliphatic heterocycles. The number of carbonyl (C=O) groups is 4. The second kappa shape index (κ2) is 18.6. The Morgan fingerprint density at radius 3 is 1.15 bits per heavy atom. The first-order valence-electron chi connectivity index (χ1n) is 16.8. The van der Waals surface area contributed by atoms with Crippen LogP contribution in [0, 0.1) is 11.8 Å². The van der Waals surface area contributed by atoms with Crippen LogP contribution in [-0.4, -0.2) is 84.4 Å². The molecule has 278 valence electrons. The molecule has 2 aromatic carbocycles. The number of benzene rings is 2. The topological polar surface area (TPSA) is 175 Å². The molecule has 0 spiro atoms. The highest BCUT2D eigenvalue weighted by Crippen LogP contribution is 2.28. The predicted molar refractivity (Wildman–Crippen MR) is 202 cm³/mol. The first-order chi connectivity index (χ1) is 24.8. The molecule has 0 saturated heterocycles. The zero-order valence-electron chi connectivity index (χ0n) is 29.9. The number of likely N-dealkylation sites (N-methyl/N-ethyl adjacent to an activating group) is 2. The minimum atomic E-state index is -2.08. The first kappa shape index (κ1) is 40.0. The van der Waals surface area contributed by atoms with Gasteiger partial charge in [-0.15, -0.1) is 0 Å². The summed E-state index contributed by atoms with van der Waals surface area (Å²) >= 11 is 3.08. The van der Waals surface area contributed by atoms with Crippen LogP contribution in [0.3, 0.4) is 0 Å². The molecule has 2 heterocycles. The lowest BCUT2D eigenvalue weighted by atomic mass is 9.98. The van der Waals surface area contributed by atoms with Gasteiger partial charge in [-0.25, -0.2) is 0 Å². The highest BCUT2D eigenvalue weighted by molar-refractivity contribution is 7.08. The number of aliphatic hydroxyl groups is 2. The normalized spacial score (nSPS) is 14.7. The van der Waals surface area contributed by atoms with Crippen molar-refractivity contribution in [2.45, 2.75) is 64.2 Å². The van der Waals surface area contributed by atoms with E-state index in [1.165, 1.54) is 14.1 Å². The number of rotatable bonds is 17. The van der Waals surface area contributed by atoms with Crippen molar-refractivity contribution in [1.82, 2.24) is 21.3 Å². The summed E-state index contributed by atoms with van der Waals surface area (Å²) in [5, 5.41) is 41.6. The molecule has 0 bridgehead atoms. The Balaban J connectivity index is 1.69. The minimum absolute atomic E-state index is 0.178. The van der Waals surface area contributed by atoms with E-state index in [4.69, 9.17) is 9.47 Å². The quantitative estimate of drug-likeness (QED) is 0.0945. The number of amides is 4. The monoisotopic (exact) mass is 750 g/mol. The number of hydrogen-bond donors (Lipinski definition) is 6. The van der Waals surface area contributed by atoms with Crippen molar-refractivity contribution in [3.63, 3.8) is 0 Å². The van der Waals surface area contributed by atoms with E-state index < -0.39 is 60.1 Å². The molecule has 4 amide bonds. The Labute approximate surface area is 311 Å². The van der Waals surface area contributed by atoms with Crippen LogP contribution in [0.15, 0.2) is 82.2 Å². The number of nitrogens with one attached hydrogen (secondary N) is 4. The molecule has 0 aliphatic rings. The molecule has 0 aliphatic carbocycles. The maximum atomic E-state index is 13.9. The van der Waals surface area contributed by atoms with Crippen LogP contribution < -0.4 is 30.7 Å². The molecule has 14 heteroatoms. The first-order valence-corrected chi connectivity index (χ1v) is 18.7. The minimum Gasteiger partial charge on any atom is -0.478 e. The lowest BCUT2D eigenvalue weighted by molar-refractivity contribution is -0.153. The van der Waals surface area contributed by atoms with Crippen molar-refractivity contribution in [1.29, 1.82) is 0 Å². The second-order valence-corrected chi connectivity index (χ2v) is 14.4. The van der Waals surface area contributed by atoms with Gasteiger partial charge in [0, 0.05) is 14.1 Å². The zero-order chi connectivity index (χ0) is 37.9. The highest BCUT2D eigenvalue weighted by atomic mass is 32.1. The van der Waals surface area contributed by atoms with Gasteiger partial charge in [0.15, 0.2) is 0 Å². The summed E-state index contributed by atoms with van der Waals surface area (Å²) in [4.78, 5) is 53.2. The fourth-order valence-electron chi connectivity index (χ4n) is 5.37. The standard InChI is InChI=1S/C38H46N4O8S2/c1-21(2)29(35(45)39-5)41-37(47)33(49-27-11-7-23(8-12-27)25-15-17-51-19-25)31(43)32(44)34(38(48)42-30(22(3)4)36(46)40-6)50-28-13-9-24(10-14-28)26-16-18-52-20-26/h7-22,29-34,43-44H,1-6H3,(H,39,45)(H,40,46)(H,41,47)(H,42,48)/t29-,30-,31+,32+,33+,34+/m0/s1. The van der Waals surface area contributed by atoms with Crippen LogP contribution in [-0.2, 0) is 19.2 Å². The van der Waals surface area contributed by atoms with Crippen LogP contribution in [0.2, 0.25) is 0 Å².